The molecule has 3 rings (SSSR count). The van der Waals surface area contributed by atoms with Gasteiger partial charge in [-0.2, -0.15) is 5.10 Å². The van der Waals surface area contributed by atoms with E-state index in [-0.39, 0.29) is 0 Å². The van der Waals surface area contributed by atoms with Crippen LogP contribution in [0.3, 0.4) is 0 Å². The van der Waals surface area contributed by atoms with Crippen LogP contribution >= 0.6 is 0 Å². The van der Waals surface area contributed by atoms with Gasteiger partial charge in [0.1, 0.15) is 0 Å². The molecule has 0 aromatic carbocycles. The predicted molar refractivity (Wildman–Crippen MR) is 98.3 cm³/mol. The molecule has 3 N–H and O–H groups in total. The Morgan fingerprint density at radius 2 is 2.04 bits per heavy atom. The third-order valence-electron chi connectivity index (χ3n) is 4.81. The van der Waals surface area contributed by atoms with Crippen LogP contribution in [0.5, 0.6) is 0 Å². The molecule has 1 aliphatic rings. The van der Waals surface area contributed by atoms with Gasteiger partial charge in [0.25, 0.3) is 0 Å². The van der Waals surface area contributed by atoms with Crippen molar-refractivity contribution in [1.82, 2.24) is 19.7 Å². The quantitative estimate of drug-likeness (QED) is 0.653. The lowest BCUT2D eigenvalue weighted by atomic mass is 10.0. The summed E-state index contributed by atoms with van der Waals surface area (Å²) in [7, 11) is 0. The number of rotatable bonds is 5. The lowest BCUT2D eigenvalue weighted by Crippen LogP contribution is -2.39. The van der Waals surface area contributed by atoms with Gasteiger partial charge in [-0.1, -0.05) is 6.58 Å². The van der Waals surface area contributed by atoms with E-state index < -0.39 is 0 Å². The number of hydrogen-bond donors (Lipinski definition) is 2. The molecule has 0 radical (unpaired) electrons. The van der Waals surface area contributed by atoms with E-state index >= 15 is 0 Å². The summed E-state index contributed by atoms with van der Waals surface area (Å²) in [5.74, 6) is 5.57. The molecule has 0 unspecified atom stereocenters. The average molecular weight is 326 g/mol. The van der Waals surface area contributed by atoms with Gasteiger partial charge in [-0.3, -0.25) is 15.5 Å². The van der Waals surface area contributed by atoms with Gasteiger partial charge in [-0.05, 0) is 38.8 Å². The van der Waals surface area contributed by atoms with Crippen molar-refractivity contribution in [3.8, 4) is 11.1 Å². The minimum Gasteiger partial charge on any atom is -0.322 e. The maximum Gasteiger partial charge on any atom is 0.0868 e. The number of piperidine rings is 1. The highest BCUT2D eigenvalue weighted by molar-refractivity contribution is 5.71. The summed E-state index contributed by atoms with van der Waals surface area (Å²) in [5, 5.41) is 4.58. The summed E-state index contributed by atoms with van der Waals surface area (Å²) < 4.78 is 2.10. The van der Waals surface area contributed by atoms with Crippen LogP contribution in [0, 0.1) is 0 Å². The van der Waals surface area contributed by atoms with Crippen LogP contribution in [0.25, 0.3) is 17.2 Å². The Morgan fingerprint density at radius 1 is 1.29 bits per heavy atom. The summed E-state index contributed by atoms with van der Waals surface area (Å²) in [6.45, 7) is 10.5. The molecular formula is C18H26N6. The van der Waals surface area contributed by atoms with Gasteiger partial charge >= 0.3 is 0 Å². The van der Waals surface area contributed by atoms with Crippen molar-refractivity contribution in [2.45, 2.75) is 38.8 Å². The zero-order valence-corrected chi connectivity index (χ0v) is 14.4. The molecule has 2 aromatic rings. The van der Waals surface area contributed by atoms with Gasteiger partial charge in [0.2, 0.25) is 0 Å². The van der Waals surface area contributed by atoms with Crippen molar-refractivity contribution in [2.75, 3.05) is 18.5 Å². The van der Waals surface area contributed by atoms with Crippen LogP contribution in [0.2, 0.25) is 0 Å². The lowest BCUT2D eigenvalue weighted by Gasteiger charge is -2.34. The van der Waals surface area contributed by atoms with Crippen molar-refractivity contribution >= 4 is 11.8 Å². The highest BCUT2D eigenvalue weighted by Crippen LogP contribution is 2.27. The normalized spacial score (nSPS) is 16.5. The summed E-state index contributed by atoms with van der Waals surface area (Å²) in [6, 6.07) is 3.07. The first-order chi connectivity index (χ1) is 11.6. The molecule has 0 spiro atoms. The predicted octanol–water partition coefficient (Wildman–Crippen LogP) is 2.92. The van der Waals surface area contributed by atoms with E-state index in [0.717, 1.165) is 48.4 Å². The maximum absolute atomic E-state index is 5.57. The van der Waals surface area contributed by atoms with Gasteiger partial charge < -0.3 is 10.3 Å². The molecule has 0 aliphatic carbocycles. The fraction of sp³-hybridized carbons (Fsp3) is 0.444. The fourth-order valence-electron chi connectivity index (χ4n) is 3.27. The molecule has 1 fully saturated rings. The van der Waals surface area contributed by atoms with E-state index in [1.807, 2.05) is 18.5 Å². The smallest absolute Gasteiger partial charge is 0.0868 e. The summed E-state index contributed by atoms with van der Waals surface area (Å²) in [5.41, 5.74) is 6.24. The van der Waals surface area contributed by atoms with Crippen LogP contribution in [0.1, 0.15) is 38.4 Å². The Hall–Kier alpha value is -2.18. The number of nitrogens with two attached hydrogens (primary N) is 1. The highest BCUT2D eigenvalue weighted by Gasteiger charge is 2.22. The van der Waals surface area contributed by atoms with Crippen molar-refractivity contribution in [2.24, 2.45) is 5.84 Å². The van der Waals surface area contributed by atoms with E-state index in [1.165, 1.54) is 0 Å². The van der Waals surface area contributed by atoms with Gasteiger partial charge in [0.15, 0.2) is 0 Å². The Labute approximate surface area is 143 Å². The Kier molecular flexibility index (Phi) is 4.97. The number of nitrogen functional groups attached to an aromatic ring is 1. The number of hydrogen-bond acceptors (Lipinski definition) is 5. The van der Waals surface area contributed by atoms with Crippen LogP contribution in [0.15, 0.2) is 31.2 Å². The number of anilines is 1. The molecule has 2 aromatic heterocycles. The van der Waals surface area contributed by atoms with Crippen molar-refractivity contribution < 1.29 is 0 Å². The second-order valence-corrected chi connectivity index (χ2v) is 6.58. The van der Waals surface area contributed by atoms with Gasteiger partial charge in [0.05, 0.1) is 23.6 Å². The average Bonchev–Trinajstić information content (AvgIpc) is 3.11. The second kappa shape index (κ2) is 7.15. The van der Waals surface area contributed by atoms with E-state index in [0.29, 0.717) is 12.1 Å². The SMILES string of the molecule is C=Cc1ncc(-c2cnn(C3CCN(C(C)C)CC3)c2)cc1NN. The van der Waals surface area contributed by atoms with E-state index in [4.69, 9.17) is 5.84 Å². The van der Waals surface area contributed by atoms with Crippen LogP contribution in [-0.2, 0) is 0 Å². The zero-order valence-electron chi connectivity index (χ0n) is 14.4. The van der Waals surface area contributed by atoms with Crippen LogP contribution in [0.4, 0.5) is 5.69 Å². The Balaban J connectivity index is 1.75. The van der Waals surface area contributed by atoms with Crippen molar-refractivity contribution in [3.63, 3.8) is 0 Å². The zero-order chi connectivity index (χ0) is 17.1. The molecular weight excluding hydrogens is 300 g/mol. The summed E-state index contributed by atoms with van der Waals surface area (Å²) in [6.07, 6.45) is 9.82. The highest BCUT2D eigenvalue weighted by atomic mass is 15.3. The van der Waals surface area contributed by atoms with Gasteiger partial charge in [-0.25, -0.2) is 0 Å². The first kappa shape index (κ1) is 16.7. The summed E-state index contributed by atoms with van der Waals surface area (Å²) >= 11 is 0. The molecule has 0 amide bonds. The van der Waals surface area contributed by atoms with E-state index in [2.05, 4.69) is 51.7 Å². The lowest BCUT2D eigenvalue weighted by molar-refractivity contribution is 0.147. The van der Waals surface area contributed by atoms with Gasteiger partial charge in [0, 0.05) is 42.7 Å². The number of pyridine rings is 1. The Morgan fingerprint density at radius 3 is 2.67 bits per heavy atom. The number of likely N-dealkylation sites (tertiary alicyclic amines) is 1. The maximum atomic E-state index is 5.57. The van der Waals surface area contributed by atoms with Crippen molar-refractivity contribution in [3.05, 3.63) is 36.9 Å². The van der Waals surface area contributed by atoms with E-state index in [9.17, 15) is 0 Å². The Bertz CT molecular complexity index is 697. The molecule has 1 aliphatic heterocycles. The monoisotopic (exact) mass is 326 g/mol. The minimum atomic E-state index is 0.473. The third kappa shape index (κ3) is 3.34. The molecule has 0 saturated carbocycles. The van der Waals surface area contributed by atoms with Crippen LogP contribution in [-0.4, -0.2) is 38.8 Å². The van der Waals surface area contributed by atoms with Gasteiger partial charge in [-0.15, -0.1) is 0 Å². The summed E-state index contributed by atoms with van der Waals surface area (Å²) in [4.78, 5) is 6.92. The number of nitrogens with zero attached hydrogens (tertiary/aromatic N) is 4. The van der Waals surface area contributed by atoms with Crippen molar-refractivity contribution in [1.29, 1.82) is 0 Å². The number of aromatic nitrogens is 3. The number of hydrazine groups is 1. The molecule has 1 saturated heterocycles. The van der Waals surface area contributed by atoms with E-state index in [1.54, 1.807) is 6.08 Å². The fourth-order valence-corrected chi connectivity index (χ4v) is 3.27. The van der Waals surface area contributed by atoms with Crippen LogP contribution < -0.4 is 11.3 Å². The molecule has 0 bridgehead atoms. The molecule has 0 atom stereocenters. The molecule has 6 heteroatoms. The number of nitrogens with one attached hydrogen (secondary N) is 1. The third-order valence-corrected chi connectivity index (χ3v) is 4.81. The largest absolute Gasteiger partial charge is 0.322 e. The topological polar surface area (TPSA) is 72.0 Å². The first-order valence-electron chi connectivity index (χ1n) is 8.50. The minimum absolute atomic E-state index is 0.473. The second-order valence-electron chi connectivity index (χ2n) is 6.58. The molecule has 3 heterocycles. The standard InChI is InChI=1S/C18H26N6/c1-4-17-18(22-19)9-14(10-20-17)15-11-21-24(12-15)16-5-7-23(8-6-16)13(2)3/h4,9-13,16,22H,1,5-8,19H2,2-3H3. The molecule has 128 valence electrons. The first-order valence-corrected chi connectivity index (χ1v) is 8.50. The molecule has 24 heavy (non-hydrogen) atoms. The molecule has 6 nitrogen and oxygen atoms in total.